The van der Waals surface area contributed by atoms with Crippen molar-refractivity contribution >= 4 is 23.9 Å². The van der Waals surface area contributed by atoms with E-state index in [-0.39, 0.29) is 38.5 Å². The molecular weight excluding hydrogens is 428 g/mol. The van der Waals surface area contributed by atoms with Crippen LogP contribution in [0.5, 0.6) is 0 Å². The van der Waals surface area contributed by atoms with Crippen LogP contribution in [0.2, 0.25) is 0 Å². The molecule has 0 aromatic heterocycles. The predicted molar refractivity (Wildman–Crippen MR) is 119 cm³/mol. The van der Waals surface area contributed by atoms with Crippen LogP contribution in [0.3, 0.4) is 0 Å². The maximum absolute atomic E-state index is 12.5. The summed E-state index contributed by atoms with van der Waals surface area (Å²) in [5.41, 5.74) is 4.22. The minimum Gasteiger partial charge on any atom is -0.481 e. The molecule has 0 bridgehead atoms. The highest BCUT2D eigenvalue weighted by molar-refractivity contribution is 6.04. The lowest BCUT2D eigenvalue weighted by atomic mass is 9.98. The van der Waals surface area contributed by atoms with Gasteiger partial charge in [-0.25, -0.2) is 9.59 Å². The van der Waals surface area contributed by atoms with E-state index in [1.165, 1.54) is 0 Å². The Kier molecular flexibility index (Phi) is 8.01. The molecule has 174 valence electrons. The van der Waals surface area contributed by atoms with E-state index in [2.05, 4.69) is 10.6 Å². The van der Waals surface area contributed by atoms with E-state index >= 15 is 0 Å². The third kappa shape index (κ3) is 5.88. The summed E-state index contributed by atoms with van der Waals surface area (Å²) in [5, 5.41) is 13.4. The van der Waals surface area contributed by atoms with Crippen molar-refractivity contribution in [3.8, 4) is 11.1 Å². The number of esters is 1. The second-order valence-electron chi connectivity index (χ2n) is 7.44. The lowest BCUT2D eigenvalue weighted by Gasteiger charge is -2.18. The average Bonchev–Trinajstić information content (AvgIpc) is 3.12. The van der Waals surface area contributed by atoms with Crippen molar-refractivity contribution in [3.05, 3.63) is 59.7 Å². The van der Waals surface area contributed by atoms with Gasteiger partial charge in [-0.3, -0.25) is 14.9 Å². The highest BCUT2D eigenvalue weighted by Gasteiger charge is 2.32. The van der Waals surface area contributed by atoms with E-state index in [0.29, 0.717) is 0 Å². The number of aliphatic carboxylic acids is 1. The van der Waals surface area contributed by atoms with Crippen LogP contribution in [0.15, 0.2) is 48.5 Å². The molecule has 1 aliphatic rings. The Morgan fingerprint density at radius 2 is 1.58 bits per heavy atom. The van der Waals surface area contributed by atoms with Gasteiger partial charge in [0.2, 0.25) is 6.04 Å². The van der Waals surface area contributed by atoms with Crippen molar-refractivity contribution in [1.29, 1.82) is 0 Å². The molecular formula is C24H26N2O7. The number of fused-ring (bicyclic) bond motifs is 3. The minimum atomic E-state index is -1.61. The van der Waals surface area contributed by atoms with Gasteiger partial charge in [0.05, 0.1) is 6.61 Å². The summed E-state index contributed by atoms with van der Waals surface area (Å²) in [6.07, 6.45) is -0.887. The molecule has 2 amide bonds. The lowest BCUT2D eigenvalue weighted by molar-refractivity contribution is -0.149. The van der Waals surface area contributed by atoms with Crippen molar-refractivity contribution in [2.45, 2.75) is 31.7 Å². The smallest absolute Gasteiger partial charge is 0.408 e. The number of carboxylic acid groups (broad SMARTS) is 1. The number of carboxylic acids is 1. The number of carbonyl (C=O) groups is 4. The van der Waals surface area contributed by atoms with E-state index in [0.717, 1.165) is 22.3 Å². The van der Waals surface area contributed by atoms with E-state index in [1.54, 1.807) is 6.92 Å². The highest BCUT2D eigenvalue weighted by atomic mass is 16.6. The summed E-state index contributed by atoms with van der Waals surface area (Å²) < 4.78 is 10.3. The Bertz CT molecular complexity index is 991. The molecule has 1 atom stereocenters. The fourth-order valence-electron chi connectivity index (χ4n) is 3.77. The largest absolute Gasteiger partial charge is 0.481 e. The molecule has 9 heteroatoms. The quantitative estimate of drug-likeness (QED) is 0.285. The van der Waals surface area contributed by atoms with Gasteiger partial charge in [0, 0.05) is 18.9 Å². The summed E-state index contributed by atoms with van der Waals surface area (Å²) >= 11 is 0. The van der Waals surface area contributed by atoms with Crippen LogP contribution in [0, 0.1) is 0 Å². The Morgan fingerprint density at radius 1 is 0.970 bits per heavy atom. The molecule has 33 heavy (non-hydrogen) atoms. The molecule has 3 rings (SSSR count). The van der Waals surface area contributed by atoms with Crippen molar-refractivity contribution in [1.82, 2.24) is 10.6 Å². The predicted octanol–water partition coefficient (Wildman–Crippen LogP) is 2.44. The average molecular weight is 454 g/mol. The zero-order valence-electron chi connectivity index (χ0n) is 18.2. The molecule has 0 fully saturated rings. The zero-order chi connectivity index (χ0) is 23.8. The first kappa shape index (κ1) is 23.8. The van der Waals surface area contributed by atoms with Gasteiger partial charge in [-0.15, -0.1) is 0 Å². The molecule has 0 radical (unpaired) electrons. The van der Waals surface area contributed by atoms with Gasteiger partial charge >= 0.3 is 18.0 Å². The molecule has 0 saturated heterocycles. The minimum absolute atomic E-state index is 0.0218. The molecule has 0 spiro atoms. The third-order valence-corrected chi connectivity index (χ3v) is 5.26. The van der Waals surface area contributed by atoms with E-state index in [9.17, 15) is 19.2 Å². The maximum Gasteiger partial charge on any atom is 0.408 e. The maximum atomic E-state index is 12.5. The number of alkyl carbamates (subject to hydrolysis) is 1. The molecule has 0 heterocycles. The number of carbonyl (C=O) groups excluding carboxylic acids is 3. The number of nitrogens with one attached hydrogen (secondary N) is 2. The Labute approximate surface area is 191 Å². The molecule has 1 aliphatic carbocycles. The van der Waals surface area contributed by atoms with Crippen molar-refractivity contribution < 1.29 is 33.8 Å². The van der Waals surface area contributed by atoms with Crippen LogP contribution in [0.1, 0.15) is 36.8 Å². The fourth-order valence-corrected chi connectivity index (χ4v) is 3.77. The molecule has 1 unspecified atom stereocenters. The fraction of sp³-hybridized carbons (Fsp3) is 0.333. The van der Waals surface area contributed by atoms with E-state index in [4.69, 9.17) is 14.6 Å². The summed E-state index contributed by atoms with van der Waals surface area (Å²) in [7, 11) is 0. The SMILES string of the molecule is CCOC(=O)C(NC(=O)OCC1c2ccccc2-c2ccccc21)C(=O)NCCCC(=O)O. The Hall–Kier alpha value is -3.88. The molecule has 9 nitrogen and oxygen atoms in total. The standard InChI is InChI=1S/C24H26N2O7/c1-2-32-23(30)21(22(29)25-13-7-12-20(27)28)26-24(31)33-14-19-17-10-5-3-8-15(17)16-9-4-6-11-18(16)19/h3-6,8-11,19,21H,2,7,12-14H2,1H3,(H,25,29)(H,26,31)(H,27,28). The van der Waals surface area contributed by atoms with Gasteiger partial charge in [-0.05, 0) is 35.6 Å². The van der Waals surface area contributed by atoms with Crippen LogP contribution >= 0.6 is 0 Å². The molecule has 0 saturated carbocycles. The Morgan fingerprint density at radius 3 is 2.15 bits per heavy atom. The van der Waals surface area contributed by atoms with E-state index in [1.807, 2.05) is 48.5 Å². The number of hydrogen-bond acceptors (Lipinski definition) is 6. The molecule has 2 aromatic rings. The Balaban J connectivity index is 1.63. The normalized spacial score (nSPS) is 12.8. The second kappa shape index (κ2) is 11.1. The number of amides is 2. The second-order valence-corrected chi connectivity index (χ2v) is 7.44. The van der Waals surface area contributed by atoms with Crippen LogP contribution < -0.4 is 10.6 Å². The topological polar surface area (TPSA) is 131 Å². The molecule has 2 aromatic carbocycles. The van der Waals surface area contributed by atoms with E-state index < -0.39 is 30.0 Å². The third-order valence-electron chi connectivity index (χ3n) is 5.26. The summed E-state index contributed by atoms with van der Waals surface area (Å²) in [4.78, 5) is 47.7. The van der Waals surface area contributed by atoms with Crippen LogP contribution in [0.4, 0.5) is 4.79 Å². The van der Waals surface area contributed by atoms with Crippen LogP contribution in [-0.2, 0) is 23.9 Å². The monoisotopic (exact) mass is 454 g/mol. The first-order valence-electron chi connectivity index (χ1n) is 10.7. The first-order valence-corrected chi connectivity index (χ1v) is 10.7. The number of rotatable bonds is 10. The highest BCUT2D eigenvalue weighted by Crippen LogP contribution is 2.44. The van der Waals surface area contributed by atoms with Crippen molar-refractivity contribution in [2.24, 2.45) is 0 Å². The molecule has 3 N–H and O–H groups in total. The van der Waals surface area contributed by atoms with Crippen molar-refractivity contribution in [2.75, 3.05) is 19.8 Å². The van der Waals surface area contributed by atoms with Gasteiger partial charge in [-0.1, -0.05) is 48.5 Å². The van der Waals surface area contributed by atoms with Crippen LogP contribution in [-0.4, -0.2) is 54.8 Å². The number of benzene rings is 2. The number of hydrogen-bond donors (Lipinski definition) is 3. The summed E-state index contributed by atoms with van der Waals surface area (Å²) in [6.45, 7) is 1.66. The first-order chi connectivity index (χ1) is 15.9. The summed E-state index contributed by atoms with van der Waals surface area (Å²) in [6, 6.07) is 14.1. The lowest BCUT2D eigenvalue weighted by Crippen LogP contribution is -2.52. The zero-order valence-corrected chi connectivity index (χ0v) is 18.2. The van der Waals surface area contributed by atoms with Gasteiger partial charge in [-0.2, -0.15) is 0 Å². The molecule has 0 aliphatic heterocycles. The van der Waals surface area contributed by atoms with Gasteiger partial charge in [0.1, 0.15) is 6.61 Å². The van der Waals surface area contributed by atoms with Gasteiger partial charge < -0.3 is 19.9 Å². The number of ether oxygens (including phenoxy) is 2. The van der Waals surface area contributed by atoms with Crippen LogP contribution in [0.25, 0.3) is 11.1 Å². The van der Waals surface area contributed by atoms with Gasteiger partial charge in [0.15, 0.2) is 0 Å². The summed E-state index contributed by atoms with van der Waals surface area (Å²) in [5.74, 6) is -2.90. The van der Waals surface area contributed by atoms with Gasteiger partial charge in [0.25, 0.3) is 5.91 Å². The van der Waals surface area contributed by atoms with Crippen molar-refractivity contribution in [3.63, 3.8) is 0 Å².